The van der Waals surface area contributed by atoms with E-state index in [9.17, 15) is 4.79 Å². The van der Waals surface area contributed by atoms with Crippen LogP contribution in [0.3, 0.4) is 0 Å². The molecule has 6 heteroatoms. The maximum Gasteiger partial charge on any atom is 0.223 e. The number of hydrogen-bond donors (Lipinski definition) is 3. The molecule has 28 heavy (non-hydrogen) atoms. The first kappa shape index (κ1) is 25.2. The first-order valence-electron chi connectivity index (χ1n) is 10.4. The highest BCUT2D eigenvalue weighted by Crippen LogP contribution is 2.58. The molecule has 4 nitrogen and oxygen atoms in total. The topological polar surface area (TPSA) is 53.2 Å². The average molecular weight is 430 g/mol. The highest BCUT2D eigenvalue weighted by atomic mass is 35.5. The minimum absolute atomic E-state index is 0. The van der Waals surface area contributed by atoms with Gasteiger partial charge in [-0.3, -0.25) is 4.79 Å². The molecule has 1 saturated carbocycles. The molecular formula is C22H37Cl2N3O. The van der Waals surface area contributed by atoms with E-state index in [0.29, 0.717) is 12.0 Å². The lowest BCUT2D eigenvalue weighted by molar-refractivity contribution is -0.123. The van der Waals surface area contributed by atoms with Gasteiger partial charge in [-0.15, -0.1) is 24.8 Å². The van der Waals surface area contributed by atoms with Crippen molar-refractivity contribution in [2.75, 3.05) is 19.6 Å². The third-order valence-corrected chi connectivity index (χ3v) is 6.88. The van der Waals surface area contributed by atoms with Crippen molar-refractivity contribution in [3.05, 3.63) is 35.9 Å². The predicted molar refractivity (Wildman–Crippen MR) is 121 cm³/mol. The molecule has 1 saturated heterocycles. The van der Waals surface area contributed by atoms with E-state index in [0.717, 1.165) is 45.2 Å². The van der Waals surface area contributed by atoms with Crippen molar-refractivity contribution in [2.24, 2.45) is 11.3 Å². The summed E-state index contributed by atoms with van der Waals surface area (Å²) < 4.78 is 0. The van der Waals surface area contributed by atoms with Gasteiger partial charge in [0.2, 0.25) is 5.91 Å². The molecule has 0 aromatic heterocycles. The molecule has 1 aliphatic carbocycles. The molecule has 2 aliphatic rings. The van der Waals surface area contributed by atoms with Crippen molar-refractivity contribution in [1.82, 2.24) is 16.0 Å². The Kier molecular flexibility index (Phi) is 9.75. The molecule has 1 amide bonds. The van der Waals surface area contributed by atoms with Crippen LogP contribution in [0.2, 0.25) is 0 Å². The number of amides is 1. The van der Waals surface area contributed by atoms with Gasteiger partial charge in [-0.25, -0.2) is 0 Å². The van der Waals surface area contributed by atoms with Crippen LogP contribution in [0.15, 0.2) is 30.3 Å². The molecule has 1 heterocycles. The number of nitrogens with one attached hydrogen (secondary N) is 3. The molecule has 0 radical (unpaired) electrons. The minimum atomic E-state index is -0.0545. The van der Waals surface area contributed by atoms with Crippen molar-refractivity contribution in [3.63, 3.8) is 0 Å². The van der Waals surface area contributed by atoms with Gasteiger partial charge in [-0.1, -0.05) is 44.2 Å². The van der Waals surface area contributed by atoms with Gasteiger partial charge >= 0.3 is 0 Å². The zero-order chi connectivity index (χ0) is 18.6. The Hall–Kier alpha value is -0.810. The maximum absolute atomic E-state index is 12.8. The average Bonchev–Trinajstić information content (AvgIpc) is 3.39. The number of hydrogen-bond acceptors (Lipinski definition) is 3. The summed E-state index contributed by atoms with van der Waals surface area (Å²) in [6.07, 6.45) is 5.39. The SMILES string of the molecule is CCC(CC)(CNC(=O)C1CC12CCNCC2)NC(C)c1ccccc1.Cl.Cl. The van der Waals surface area contributed by atoms with Gasteiger partial charge in [0, 0.05) is 24.0 Å². The summed E-state index contributed by atoms with van der Waals surface area (Å²) in [4.78, 5) is 12.8. The van der Waals surface area contributed by atoms with Gasteiger partial charge in [0.15, 0.2) is 0 Å². The number of benzene rings is 1. The van der Waals surface area contributed by atoms with E-state index in [-0.39, 0.29) is 48.2 Å². The summed E-state index contributed by atoms with van der Waals surface area (Å²) >= 11 is 0. The molecule has 1 aromatic carbocycles. The molecule has 1 aromatic rings. The van der Waals surface area contributed by atoms with E-state index in [1.165, 1.54) is 5.56 Å². The Morgan fingerprint density at radius 2 is 1.79 bits per heavy atom. The lowest BCUT2D eigenvalue weighted by Crippen LogP contribution is -2.54. The molecule has 2 atom stereocenters. The Balaban J connectivity index is 0.00000196. The van der Waals surface area contributed by atoms with Gasteiger partial charge in [-0.2, -0.15) is 0 Å². The van der Waals surface area contributed by atoms with Gasteiger partial charge in [0.1, 0.15) is 0 Å². The molecular weight excluding hydrogens is 393 g/mol. The quantitative estimate of drug-likeness (QED) is 0.578. The highest BCUT2D eigenvalue weighted by molar-refractivity contribution is 5.85. The molecule has 2 fully saturated rings. The number of halogens is 2. The first-order valence-corrected chi connectivity index (χ1v) is 10.4. The molecule has 1 spiro atoms. The zero-order valence-electron chi connectivity index (χ0n) is 17.4. The number of carbonyl (C=O) groups is 1. The maximum atomic E-state index is 12.8. The summed E-state index contributed by atoms with van der Waals surface area (Å²) in [5.41, 5.74) is 1.54. The lowest BCUT2D eigenvalue weighted by Gasteiger charge is -2.36. The third kappa shape index (κ3) is 5.63. The van der Waals surface area contributed by atoms with Crippen molar-refractivity contribution in [1.29, 1.82) is 0 Å². The summed E-state index contributed by atoms with van der Waals surface area (Å²) in [7, 11) is 0. The molecule has 0 bridgehead atoms. The second-order valence-corrected chi connectivity index (χ2v) is 8.35. The zero-order valence-corrected chi connectivity index (χ0v) is 19.1. The monoisotopic (exact) mass is 429 g/mol. The Labute approximate surface area is 182 Å². The number of piperidine rings is 1. The van der Waals surface area contributed by atoms with Gasteiger partial charge < -0.3 is 16.0 Å². The lowest BCUT2D eigenvalue weighted by atomic mass is 9.89. The number of carbonyl (C=O) groups excluding carboxylic acids is 1. The fourth-order valence-electron chi connectivity index (χ4n) is 4.61. The van der Waals surface area contributed by atoms with Crippen molar-refractivity contribution < 1.29 is 4.79 Å². The molecule has 1 aliphatic heterocycles. The van der Waals surface area contributed by atoms with E-state index in [1.54, 1.807) is 0 Å². The van der Waals surface area contributed by atoms with Crippen LogP contribution in [0.5, 0.6) is 0 Å². The van der Waals surface area contributed by atoms with Crippen LogP contribution < -0.4 is 16.0 Å². The van der Waals surface area contributed by atoms with Crippen LogP contribution >= 0.6 is 24.8 Å². The van der Waals surface area contributed by atoms with Crippen molar-refractivity contribution in [3.8, 4) is 0 Å². The summed E-state index contributed by atoms with van der Waals surface area (Å²) in [5, 5.41) is 10.5. The fourth-order valence-corrected chi connectivity index (χ4v) is 4.61. The van der Waals surface area contributed by atoms with Crippen molar-refractivity contribution in [2.45, 2.75) is 64.5 Å². The van der Waals surface area contributed by atoms with Crippen LogP contribution in [0.4, 0.5) is 0 Å². The summed E-state index contributed by atoms with van der Waals surface area (Å²) in [5.74, 6) is 0.509. The van der Waals surface area contributed by atoms with Gasteiger partial charge in [0.25, 0.3) is 0 Å². The van der Waals surface area contributed by atoms with E-state index in [4.69, 9.17) is 0 Å². The standard InChI is InChI=1S/C22H35N3O.2ClH/c1-4-22(5-2,25-17(3)18-9-7-6-8-10-18)16-24-20(26)19-15-21(19)11-13-23-14-12-21;;/h6-10,17,19,23,25H,4-5,11-16H2,1-3H3,(H,24,26);2*1H. The van der Waals surface area contributed by atoms with Crippen LogP contribution in [0.1, 0.15) is 64.5 Å². The van der Waals surface area contributed by atoms with Crippen LogP contribution in [-0.4, -0.2) is 31.1 Å². The van der Waals surface area contributed by atoms with Crippen LogP contribution in [0, 0.1) is 11.3 Å². The van der Waals surface area contributed by atoms with Gasteiger partial charge in [-0.05, 0) is 63.1 Å². The largest absolute Gasteiger partial charge is 0.354 e. The second kappa shape index (κ2) is 10.8. The van der Waals surface area contributed by atoms with Crippen molar-refractivity contribution >= 4 is 30.7 Å². The fraction of sp³-hybridized carbons (Fsp3) is 0.682. The van der Waals surface area contributed by atoms with E-state index in [1.807, 2.05) is 0 Å². The van der Waals surface area contributed by atoms with E-state index >= 15 is 0 Å². The van der Waals surface area contributed by atoms with E-state index < -0.39 is 0 Å². The molecule has 3 rings (SSSR count). The van der Waals surface area contributed by atoms with Gasteiger partial charge in [0.05, 0.1) is 0 Å². The smallest absolute Gasteiger partial charge is 0.223 e. The molecule has 3 N–H and O–H groups in total. The van der Waals surface area contributed by atoms with E-state index in [2.05, 4.69) is 67.1 Å². The normalized spacial score (nSPS) is 21.2. The molecule has 160 valence electrons. The highest BCUT2D eigenvalue weighted by Gasteiger charge is 2.57. The van der Waals surface area contributed by atoms with Crippen LogP contribution in [0.25, 0.3) is 0 Å². The first-order chi connectivity index (χ1) is 12.5. The predicted octanol–water partition coefficient (Wildman–Crippen LogP) is 4.25. The summed E-state index contributed by atoms with van der Waals surface area (Å²) in [6.45, 7) is 9.47. The second-order valence-electron chi connectivity index (χ2n) is 8.35. The van der Waals surface area contributed by atoms with Crippen LogP contribution in [-0.2, 0) is 4.79 Å². The Bertz CT molecular complexity index is 601. The minimum Gasteiger partial charge on any atom is -0.354 e. The molecule has 2 unspecified atom stereocenters. The summed E-state index contributed by atoms with van der Waals surface area (Å²) in [6, 6.07) is 10.8. The Morgan fingerprint density at radius 3 is 2.36 bits per heavy atom. The number of rotatable bonds is 8. The third-order valence-electron chi connectivity index (χ3n) is 6.88. The Morgan fingerprint density at radius 1 is 1.18 bits per heavy atom.